The maximum atomic E-state index is 13.7. The van der Waals surface area contributed by atoms with Crippen molar-refractivity contribution in [2.45, 2.75) is 44.4 Å². The van der Waals surface area contributed by atoms with Crippen molar-refractivity contribution in [3.63, 3.8) is 0 Å². The molecule has 6 nitrogen and oxygen atoms in total. The minimum absolute atomic E-state index is 0.0626. The molecule has 3 heterocycles. The van der Waals surface area contributed by atoms with Gasteiger partial charge in [-0.25, -0.2) is 13.6 Å². The van der Waals surface area contributed by atoms with Gasteiger partial charge in [0.1, 0.15) is 0 Å². The number of nitrogens with zero attached hydrogens (tertiary/aromatic N) is 3. The molecule has 3 aliphatic heterocycles. The number of morpholine rings is 1. The summed E-state index contributed by atoms with van der Waals surface area (Å²) in [5, 5.41) is 0. The van der Waals surface area contributed by atoms with Gasteiger partial charge in [-0.15, -0.1) is 0 Å². The van der Waals surface area contributed by atoms with Gasteiger partial charge >= 0.3 is 24.5 Å². The van der Waals surface area contributed by atoms with E-state index in [1.54, 1.807) is 0 Å². The highest BCUT2D eigenvalue weighted by atomic mass is 19.4. The van der Waals surface area contributed by atoms with Gasteiger partial charge in [-0.2, -0.15) is 17.6 Å². The average Bonchev–Trinajstić information content (AvgIpc) is 2.79. The second-order valence-electron chi connectivity index (χ2n) is 9.65. The summed E-state index contributed by atoms with van der Waals surface area (Å²) < 4.78 is 85.8. The molecule has 1 atom stereocenters. The van der Waals surface area contributed by atoms with Crippen molar-refractivity contribution in [3.05, 3.63) is 35.4 Å². The number of alkyl halides is 6. The zero-order valence-corrected chi connectivity index (χ0v) is 19.2. The van der Waals surface area contributed by atoms with E-state index in [2.05, 4.69) is 38.8 Å². The summed E-state index contributed by atoms with van der Waals surface area (Å²) in [6.07, 6.45) is -10.9. The van der Waals surface area contributed by atoms with E-state index in [0.29, 0.717) is 12.8 Å². The summed E-state index contributed by atoms with van der Waals surface area (Å²) in [5.41, 5.74) is 2.10. The molecule has 1 amide bonds. The number of carbonyl (C=O) groups is 1. The highest BCUT2D eigenvalue weighted by Gasteiger charge is 2.67. The van der Waals surface area contributed by atoms with E-state index in [0.717, 1.165) is 57.4 Å². The molecule has 1 aromatic carbocycles. The summed E-state index contributed by atoms with van der Waals surface area (Å²) in [6, 6.07) is 8.45. The Balaban J connectivity index is 1.21. The van der Waals surface area contributed by atoms with E-state index in [-0.39, 0.29) is 18.5 Å². The first-order chi connectivity index (χ1) is 16.5. The molecule has 0 N–H and O–H groups in total. The topological polar surface area (TPSA) is 45.2 Å². The summed E-state index contributed by atoms with van der Waals surface area (Å²) in [7, 11) is 0. The third-order valence-corrected chi connectivity index (χ3v) is 7.07. The van der Waals surface area contributed by atoms with Gasteiger partial charge < -0.3 is 14.4 Å². The van der Waals surface area contributed by atoms with Gasteiger partial charge in [0.05, 0.1) is 13.2 Å². The quantitative estimate of drug-likeness (QED) is 0.542. The van der Waals surface area contributed by atoms with Crippen LogP contribution in [0.2, 0.25) is 0 Å². The summed E-state index contributed by atoms with van der Waals surface area (Å²) in [4.78, 5) is 17.4. The van der Waals surface area contributed by atoms with Crippen molar-refractivity contribution in [2.24, 2.45) is 5.41 Å². The minimum Gasteiger partial charge on any atom is -0.398 e. The van der Waals surface area contributed by atoms with Gasteiger partial charge in [0.25, 0.3) is 0 Å². The Morgan fingerprint density at radius 1 is 0.914 bits per heavy atom. The van der Waals surface area contributed by atoms with Crippen LogP contribution in [-0.4, -0.2) is 91.7 Å². The largest absolute Gasteiger partial charge is 0.466 e. The molecule has 0 aromatic heterocycles. The standard InChI is InChI=1S/C23H29F6N3O3/c24-19(25)22(26,23(27,28)29)35-20(33)32-15-21(16-32)5-7-30(8-6-21)13-17-1-3-18(4-2-17)14-31-9-11-34-12-10-31/h1-4,19H,5-16H2. The number of hydrogen-bond donors (Lipinski definition) is 0. The van der Waals surface area contributed by atoms with Crippen molar-refractivity contribution < 1.29 is 40.6 Å². The van der Waals surface area contributed by atoms with E-state index in [9.17, 15) is 31.1 Å². The molecule has 0 radical (unpaired) electrons. The maximum absolute atomic E-state index is 13.7. The Bertz CT molecular complexity index is 862. The van der Waals surface area contributed by atoms with Crippen molar-refractivity contribution in [1.29, 1.82) is 0 Å². The highest BCUT2D eigenvalue weighted by molar-refractivity contribution is 5.69. The monoisotopic (exact) mass is 509 g/mol. The number of halogens is 6. The Morgan fingerprint density at radius 2 is 1.40 bits per heavy atom. The predicted molar refractivity (Wildman–Crippen MR) is 113 cm³/mol. The molecule has 1 spiro atoms. The first kappa shape index (κ1) is 26.0. The van der Waals surface area contributed by atoms with E-state index < -0.39 is 24.5 Å². The van der Waals surface area contributed by atoms with Gasteiger partial charge in [0.15, 0.2) is 0 Å². The van der Waals surface area contributed by atoms with Crippen LogP contribution in [0.4, 0.5) is 31.1 Å². The lowest BCUT2D eigenvalue weighted by Gasteiger charge is -2.53. The Kier molecular flexibility index (Phi) is 7.54. The number of ether oxygens (including phenoxy) is 2. The van der Waals surface area contributed by atoms with Gasteiger partial charge in [-0.05, 0) is 37.1 Å². The van der Waals surface area contributed by atoms with Crippen LogP contribution in [0.3, 0.4) is 0 Å². The summed E-state index contributed by atoms with van der Waals surface area (Å²) in [5.74, 6) is -5.31. The Hall–Kier alpha value is -2.05. The second kappa shape index (κ2) is 10.1. The van der Waals surface area contributed by atoms with Crippen molar-refractivity contribution in [1.82, 2.24) is 14.7 Å². The molecule has 3 fully saturated rings. The molecule has 4 rings (SSSR count). The minimum atomic E-state index is -6.02. The fourth-order valence-electron chi connectivity index (χ4n) is 4.84. The maximum Gasteiger partial charge on any atom is 0.466 e. The number of rotatable bonds is 6. The normalized spacial score (nSPS) is 23.2. The van der Waals surface area contributed by atoms with Crippen LogP contribution in [0.25, 0.3) is 0 Å². The van der Waals surface area contributed by atoms with Crippen LogP contribution in [-0.2, 0) is 22.6 Å². The molecule has 196 valence electrons. The van der Waals surface area contributed by atoms with E-state index in [4.69, 9.17) is 4.74 Å². The zero-order chi connectivity index (χ0) is 25.3. The average molecular weight is 509 g/mol. The number of amides is 1. The van der Waals surface area contributed by atoms with Gasteiger partial charge in [0.2, 0.25) is 0 Å². The molecule has 0 bridgehead atoms. The van der Waals surface area contributed by atoms with Crippen molar-refractivity contribution >= 4 is 6.09 Å². The molecule has 12 heteroatoms. The van der Waals surface area contributed by atoms with Crippen molar-refractivity contribution in [3.8, 4) is 0 Å². The molecule has 3 aliphatic rings. The molecule has 35 heavy (non-hydrogen) atoms. The first-order valence-electron chi connectivity index (χ1n) is 11.6. The smallest absolute Gasteiger partial charge is 0.398 e. The third kappa shape index (κ3) is 5.86. The van der Waals surface area contributed by atoms with E-state index >= 15 is 0 Å². The van der Waals surface area contributed by atoms with Crippen LogP contribution < -0.4 is 0 Å². The number of piperidine rings is 1. The van der Waals surface area contributed by atoms with Crippen LogP contribution in [0, 0.1) is 5.41 Å². The molecular formula is C23H29F6N3O3. The number of benzene rings is 1. The fraction of sp³-hybridized carbons (Fsp3) is 0.696. The van der Waals surface area contributed by atoms with Crippen LogP contribution in [0.15, 0.2) is 24.3 Å². The summed E-state index contributed by atoms with van der Waals surface area (Å²) in [6.45, 7) is 6.59. The van der Waals surface area contributed by atoms with Crippen LogP contribution in [0.1, 0.15) is 24.0 Å². The molecule has 1 aromatic rings. The van der Waals surface area contributed by atoms with E-state index in [1.165, 1.54) is 11.1 Å². The van der Waals surface area contributed by atoms with Crippen LogP contribution >= 0.6 is 0 Å². The van der Waals surface area contributed by atoms with Gasteiger partial charge in [-0.1, -0.05) is 24.3 Å². The molecule has 0 aliphatic carbocycles. The predicted octanol–water partition coefficient (Wildman–Crippen LogP) is 4.05. The number of carbonyl (C=O) groups excluding carboxylic acids is 1. The molecule has 3 saturated heterocycles. The highest BCUT2D eigenvalue weighted by Crippen LogP contribution is 2.44. The Morgan fingerprint density at radius 3 is 1.86 bits per heavy atom. The summed E-state index contributed by atoms with van der Waals surface area (Å²) >= 11 is 0. The molecular weight excluding hydrogens is 480 g/mol. The lowest BCUT2D eigenvalue weighted by molar-refractivity contribution is -0.352. The van der Waals surface area contributed by atoms with Gasteiger partial charge in [-0.3, -0.25) is 9.80 Å². The van der Waals surface area contributed by atoms with E-state index in [1.807, 2.05) is 0 Å². The van der Waals surface area contributed by atoms with Crippen molar-refractivity contribution in [2.75, 3.05) is 52.5 Å². The third-order valence-electron chi connectivity index (χ3n) is 7.07. The molecule has 0 saturated carbocycles. The lowest BCUT2D eigenvalue weighted by Crippen LogP contribution is -2.63. The number of hydrogen-bond acceptors (Lipinski definition) is 5. The number of likely N-dealkylation sites (tertiary alicyclic amines) is 2. The van der Waals surface area contributed by atoms with Crippen LogP contribution in [0.5, 0.6) is 0 Å². The first-order valence-corrected chi connectivity index (χ1v) is 11.6. The SMILES string of the molecule is O=C(OC(F)(C(F)F)C(F)(F)F)N1CC2(CCN(Cc3ccc(CN4CCOCC4)cc3)CC2)C1. The lowest BCUT2D eigenvalue weighted by atomic mass is 9.72. The fourth-order valence-corrected chi connectivity index (χ4v) is 4.84. The molecule has 1 unspecified atom stereocenters. The zero-order valence-electron chi connectivity index (χ0n) is 19.2. The second-order valence-corrected chi connectivity index (χ2v) is 9.65. The van der Waals surface area contributed by atoms with Gasteiger partial charge in [0, 0.05) is 44.7 Å². The Labute approximate surface area is 199 Å².